The zero-order valence-corrected chi connectivity index (χ0v) is 11.5. The Kier molecular flexibility index (Phi) is 5.52. The van der Waals surface area contributed by atoms with Crippen molar-refractivity contribution in [2.24, 2.45) is 0 Å². The molecule has 0 aliphatic carbocycles. The maximum Gasteiger partial charge on any atom is 0.350 e. The second kappa shape index (κ2) is 6.91. The van der Waals surface area contributed by atoms with Crippen molar-refractivity contribution in [2.45, 2.75) is 25.9 Å². The van der Waals surface area contributed by atoms with Gasteiger partial charge in [-0.15, -0.1) is 0 Å². The van der Waals surface area contributed by atoms with Crippen LogP contribution in [-0.4, -0.2) is 35.9 Å². The average molecular weight is 282 g/mol. The molecular formula is C14H18O6. The Hall–Kier alpha value is -2.08. The van der Waals surface area contributed by atoms with E-state index in [1.165, 1.54) is 12.5 Å². The summed E-state index contributed by atoms with van der Waals surface area (Å²) >= 11 is 0. The highest BCUT2D eigenvalue weighted by molar-refractivity contribution is 6.04. The topological polar surface area (TPSA) is 86.0 Å². The first-order valence-electron chi connectivity index (χ1n) is 6.22. The third-order valence-corrected chi connectivity index (χ3v) is 2.62. The lowest BCUT2D eigenvalue weighted by Gasteiger charge is -2.24. The number of esters is 2. The van der Waals surface area contributed by atoms with Crippen LogP contribution in [0.4, 0.5) is 0 Å². The zero-order chi connectivity index (χ0) is 15.2. The van der Waals surface area contributed by atoms with Crippen molar-refractivity contribution >= 4 is 17.5 Å². The van der Waals surface area contributed by atoms with Crippen LogP contribution in [0.15, 0.2) is 29.6 Å². The number of ether oxygens (including phenoxy) is 2. The monoisotopic (exact) mass is 282 g/mol. The molecule has 0 fully saturated rings. The molecule has 0 aliphatic heterocycles. The Balaban J connectivity index is 2.95. The Bertz CT molecular complexity index is 456. The van der Waals surface area contributed by atoms with Gasteiger partial charge >= 0.3 is 11.9 Å². The van der Waals surface area contributed by atoms with Crippen LogP contribution < -0.4 is 0 Å². The Morgan fingerprint density at radius 3 is 2.25 bits per heavy atom. The summed E-state index contributed by atoms with van der Waals surface area (Å²) < 4.78 is 14.4. The highest BCUT2D eigenvalue weighted by Crippen LogP contribution is 2.26. The SMILES string of the molecule is C=C(CC(O)(C(=O)OCC)C(=O)OCC)c1ccoc1. The van der Waals surface area contributed by atoms with Gasteiger partial charge in [-0.25, -0.2) is 9.59 Å². The van der Waals surface area contributed by atoms with E-state index in [9.17, 15) is 14.7 Å². The second-order valence-corrected chi connectivity index (χ2v) is 4.09. The molecule has 0 aromatic carbocycles. The van der Waals surface area contributed by atoms with Crippen LogP contribution in [0.1, 0.15) is 25.8 Å². The molecule has 0 radical (unpaired) electrons. The van der Waals surface area contributed by atoms with Crippen LogP contribution in [0.2, 0.25) is 0 Å². The van der Waals surface area contributed by atoms with Crippen LogP contribution in [-0.2, 0) is 19.1 Å². The first-order valence-corrected chi connectivity index (χ1v) is 6.22. The van der Waals surface area contributed by atoms with Gasteiger partial charge in [0.15, 0.2) is 0 Å². The van der Waals surface area contributed by atoms with Crippen molar-refractivity contribution in [3.63, 3.8) is 0 Å². The molecule has 1 aromatic rings. The minimum atomic E-state index is -2.40. The standard InChI is InChI=1S/C14H18O6/c1-4-19-12(15)14(17,13(16)20-5-2)8-10(3)11-6-7-18-9-11/h6-7,9,17H,3-5,8H2,1-2H3. The lowest BCUT2D eigenvalue weighted by molar-refractivity contribution is -0.182. The molecule has 0 unspecified atom stereocenters. The van der Waals surface area contributed by atoms with Crippen molar-refractivity contribution < 1.29 is 28.6 Å². The van der Waals surface area contributed by atoms with E-state index in [-0.39, 0.29) is 19.6 Å². The zero-order valence-electron chi connectivity index (χ0n) is 11.5. The maximum absolute atomic E-state index is 11.8. The summed E-state index contributed by atoms with van der Waals surface area (Å²) in [5.74, 6) is -2.11. The summed E-state index contributed by atoms with van der Waals surface area (Å²) in [6.45, 7) is 6.97. The quantitative estimate of drug-likeness (QED) is 0.603. The summed E-state index contributed by atoms with van der Waals surface area (Å²) in [6, 6.07) is 1.61. The van der Waals surface area contributed by atoms with Gasteiger partial charge in [-0.1, -0.05) is 6.58 Å². The van der Waals surface area contributed by atoms with Gasteiger partial charge in [0.2, 0.25) is 0 Å². The van der Waals surface area contributed by atoms with E-state index >= 15 is 0 Å². The van der Waals surface area contributed by atoms with Gasteiger partial charge in [0.1, 0.15) is 0 Å². The number of hydrogen-bond donors (Lipinski definition) is 1. The normalized spacial score (nSPS) is 10.9. The minimum absolute atomic E-state index is 0.0404. The van der Waals surface area contributed by atoms with Crippen LogP contribution >= 0.6 is 0 Å². The number of rotatable bonds is 7. The Labute approximate surface area is 117 Å². The smallest absolute Gasteiger partial charge is 0.350 e. The average Bonchev–Trinajstić information content (AvgIpc) is 2.93. The number of hydrogen-bond acceptors (Lipinski definition) is 6. The van der Waals surface area contributed by atoms with Gasteiger partial charge in [0.05, 0.1) is 25.7 Å². The Morgan fingerprint density at radius 1 is 1.30 bits per heavy atom. The van der Waals surface area contributed by atoms with E-state index < -0.39 is 17.5 Å². The molecule has 20 heavy (non-hydrogen) atoms. The van der Waals surface area contributed by atoms with Crippen LogP contribution in [0, 0.1) is 0 Å². The van der Waals surface area contributed by atoms with Crippen molar-refractivity contribution in [2.75, 3.05) is 13.2 Å². The summed E-state index contributed by atoms with van der Waals surface area (Å²) in [5, 5.41) is 10.3. The van der Waals surface area contributed by atoms with E-state index in [0.29, 0.717) is 11.1 Å². The fourth-order valence-electron chi connectivity index (χ4n) is 1.61. The fraction of sp³-hybridized carbons (Fsp3) is 0.429. The summed E-state index contributed by atoms with van der Waals surface area (Å²) in [7, 11) is 0. The van der Waals surface area contributed by atoms with Gasteiger partial charge < -0.3 is 19.0 Å². The molecule has 0 spiro atoms. The number of carbonyl (C=O) groups excluding carboxylic acids is 2. The van der Waals surface area contributed by atoms with Crippen LogP contribution in [0.3, 0.4) is 0 Å². The molecule has 0 saturated heterocycles. The molecular weight excluding hydrogens is 264 g/mol. The predicted molar refractivity (Wildman–Crippen MR) is 70.6 cm³/mol. The van der Waals surface area contributed by atoms with Gasteiger partial charge in [-0.3, -0.25) is 0 Å². The number of carbonyl (C=O) groups is 2. The lowest BCUT2D eigenvalue weighted by Crippen LogP contribution is -2.49. The predicted octanol–water partition coefficient (Wildman–Crippen LogP) is 1.54. The van der Waals surface area contributed by atoms with E-state index in [4.69, 9.17) is 13.9 Å². The van der Waals surface area contributed by atoms with E-state index in [1.807, 2.05) is 0 Å². The van der Waals surface area contributed by atoms with Crippen LogP contribution in [0.25, 0.3) is 5.57 Å². The lowest BCUT2D eigenvalue weighted by atomic mass is 9.92. The van der Waals surface area contributed by atoms with Crippen molar-refractivity contribution in [3.05, 3.63) is 30.7 Å². The van der Waals surface area contributed by atoms with Gasteiger partial charge in [0.25, 0.3) is 5.60 Å². The van der Waals surface area contributed by atoms with Crippen molar-refractivity contribution in [1.82, 2.24) is 0 Å². The van der Waals surface area contributed by atoms with Crippen molar-refractivity contribution in [1.29, 1.82) is 0 Å². The summed E-state index contributed by atoms with van der Waals surface area (Å²) in [5.41, 5.74) is -1.46. The first kappa shape index (κ1) is 16.0. The van der Waals surface area contributed by atoms with Gasteiger partial charge in [0, 0.05) is 12.0 Å². The second-order valence-electron chi connectivity index (χ2n) is 4.09. The van der Waals surface area contributed by atoms with Gasteiger partial charge in [-0.05, 0) is 25.5 Å². The number of aliphatic hydroxyl groups is 1. The molecule has 0 saturated carbocycles. The third kappa shape index (κ3) is 3.48. The fourth-order valence-corrected chi connectivity index (χ4v) is 1.61. The molecule has 0 aliphatic rings. The molecule has 110 valence electrons. The largest absolute Gasteiger partial charge is 0.472 e. The van der Waals surface area contributed by atoms with Crippen LogP contribution in [0.5, 0.6) is 0 Å². The molecule has 1 N–H and O–H groups in total. The molecule has 1 heterocycles. The molecule has 0 bridgehead atoms. The highest BCUT2D eigenvalue weighted by atomic mass is 16.6. The number of furan rings is 1. The summed E-state index contributed by atoms with van der Waals surface area (Å²) in [6.07, 6.45) is 2.50. The molecule has 0 amide bonds. The summed E-state index contributed by atoms with van der Waals surface area (Å²) in [4.78, 5) is 23.7. The van der Waals surface area contributed by atoms with E-state index in [1.54, 1.807) is 19.9 Å². The molecule has 1 rings (SSSR count). The molecule has 6 heteroatoms. The van der Waals surface area contributed by atoms with Gasteiger partial charge in [-0.2, -0.15) is 0 Å². The first-order chi connectivity index (χ1) is 9.45. The maximum atomic E-state index is 11.8. The Morgan fingerprint density at radius 2 is 1.85 bits per heavy atom. The van der Waals surface area contributed by atoms with E-state index in [2.05, 4.69) is 6.58 Å². The third-order valence-electron chi connectivity index (χ3n) is 2.62. The molecule has 1 aromatic heterocycles. The molecule has 0 atom stereocenters. The van der Waals surface area contributed by atoms with E-state index in [0.717, 1.165) is 0 Å². The highest BCUT2D eigenvalue weighted by Gasteiger charge is 2.47. The van der Waals surface area contributed by atoms with Crippen molar-refractivity contribution in [3.8, 4) is 0 Å². The molecule has 6 nitrogen and oxygen atoms in total. The minimum Gasteiger partial charge on any atom is -0.472 e.